The minimum Gasteiger partial charge on any atom is -0.388 e. The first kappa shape index (κ1) is 14.9. The van der Waals surface area contributed by atoms with Crippen LogP contribution in [0.25, 0.3) is 0 Å². The highest BCUT2D eigenvalue weighted by Crippen LogP contribution is 2.29. The Morgan fingerprint density at radius 1 is 1.53 bits per heavy atom. The summed E-state index contributed by atoms with van der Waals surface area (Å²) in [5, 5.41) is 18.5. The lowest BCUT2D eigenvalue weighted by atomic mass is 9.99. The first-order chi connectivity index (χ1) is 8.97. The topological polar surface area (TPSA) is 50.1 Å². The molecule has 2 heterocycles. The summed E-state index contributed by atoms with van der Waals surface area (Å²) in [5.41, 5.74) is 3.07. The first-order valence-electron chi connectivity index (χ1n) is 7.00. The number of aliphatic hydroxyl groups is 1. The molecule has 0 aromatic carbocycles. The largest absolute Gasteiger partial charge is 0.388 e. The molecule has 0 aliphatic carbocycles. The third-order valence-electron chi connectivity index (χ3n) is 4.08. The molecule has 0 radical (unpaired) electrons. The van der Waals surface area contributed by atoms with Crippen molar-refractivity contribution in [2.24, 2.45) is 7.05 Å². The molecule has 1 aromatic rings. The second kappa shape index (κ2) is 5.85. The predicted octanol–water partition coefficient (Wildman–Crippen LogP) is 1.95. The average molecular weight is 283 g/mol. The van der Waals surface area contributed by atoms with Crippen molar-refractivity contribution in [2.45, 2.75) is 45.3 Å². The summed E-state index contributed by atoms with van der Waals surface area (Å²) >= 11 is 1.84. The van der Waals surface area contributed by atoms with Crippen LogP contribution < -0.4 is 5.32 Å². The van der Waals surface area contributed by atoms with E-state index in [-0.39, 0.29) is 6.04 Å². The van der Waals surface area contributed by atoms with Crippen molar-refractivity contribution in [2.75, 3.05) is 18.1 Å². The van der Waals surface area contributed by atoms with Crippen LogP contribution in [0, 0.1) is 13.8 Å². The second-order valence-corrected chi connectivity index (χ2v) is 6.68. The van der Waals surface area contributed by atoms with Gasteiger partial charge in [-0.3, -0.25) is 4.68 Å². The van der Waals surface area contributed by atoms with E-state index in [1.165, 1.54) is 11.3 Å². The monoisotopic (exact) mass is 283 g/mol. The molecule has 0 saturated carbocycles. The molecule has 1 aliphatic heterocycles. The van der Waals surface area contributed by atoms with Crippen LogP contribution in [-0.4, -0.2) is 38.5 Å². The van der Waals surface area contributed by atoms with Crippen LogP contribution in [0.2, 0.25) is 0 Å². The van der Waals surface area contributed by atoms with Crippen molar-refractivity contribution in [3.63, 3.8) is 0 Å². The lowest BCUT2D eigenvalue weighted by Crippen LogP contribution is -2.42. The van der Waals surface area contributed by atoms with Gasteiger partial charge in [0.15, 0.2) is 0 Å². The number of aromatic nitrogens is 2. The van der Waals surface area contributed by atoms with Gasteiger partial charge in [0.25, 0.3) is 0 Å². The van der Waals surface area contributed by atoms with Crippen LogP contribution in [-0.2, 0) is 7.05 Å². The standard InChI is InChI=1S/C14H25N3OS/c1-5-12(13-10(2)16-17(4)11(13)3)15-8-14(18)6-7-19-9-14/h12,15,18H,5-9H2,1-4H3. The highest BCUT2D eigenvalue weighted by molar-refractivity contribution is 7.99. The summed E-state index contributed by atoms with van der Waals surface area (Å²) in [6.45, 7) is 7.02. The van der Waals surface area contributed by atoms with E-state index in [9.17, 15) is 5.11 Å². The summed E-state index contributed by atoms with van der Waals surface area (Å²) < 4.78 is 1.94. The molecule has 108 valence electrons. The van der Waals surface area contributed by atoms with Crippen molar-refractivity contribution in [3.8, 4) is 0 Å². The maximum absolute atomic E-state index is 10.4. The van der Waals surface area contributed by atoms with Gasteiger partial charge in [-0.1, -0.05) is 6.92 Å². The van der Waals surface area contributed by atoms with Crippen molar-refractivity contribution in [3.05, 3.63) is 17.0 Å². The van der Waals surface area contributed by atoms with Gasteiger partial charge in [0, 0.05) is 36.6 Å². The summed E-state index contributed by atoms with van der Waals surface area (Å²) in [6.07, 6.45) is 1.91. The van der Waals surface area contributed by atoms with E-state index in [1.54, 1.807) is 0 Å². The third kappa shape index (κ3) is 3.15. The smallest absolute Gasteiger partial charge is 0.0869 e. The SMILES string of the molecule is CCC(NCC1(O)CCSC1)c1c(C)nn(C)c1C. The fourth-order valence-corrected chi connectivity index (χ4v) is 4.09. The molecule has 2 unspecified atom stereocenters. The summed E-state index contributed by atoms with van der Waals surface area (Å²) in [6, 6.07) is 0.281. The molecule has 0 amide bonds. The van der Waals surface area contributed by atoms with E-state index in [1.807, 2.05) is 23.5 Å². The van der Waals surface area contributed by atoms with Crippen molar-refractivity contribution in [1.82, 2.24) is 15.1 Å². The van der Waals surface area contributed by atoms with Gasteiger partial charge in [-0.05, 0) is 32.4 Å². The number of aryl methyl sites for hydroxylation is 2. The van der Waals surface area contributed by atoms with Crippen LogP contribution in [0.1, 0.15) is 42.8 Å². The zero-order chi connectivity index (χ0) is 14.0. The molecule has 5 heteroatoms. The van der Waals surface area contributed by atoms with Gasteiger partial charge in [-0.15, -0.1) is 0 Å². The van der Waals surface area contributed by atoms with E-state index >= 15 is 0 Å². The fourth-order valence-electron chi connectivity index (χ4n) is 2.79. The van der Waals surface area contributed by atoms with Crippen molar-refractivity contribution >= 4 is 11.8 Å². The normalized spacial score (nSPS) is 24.9. The highest BCUT2D eigenvalue weighted by atomic mass is 32.2. The summed E-state index contributed by atoms with van der Waals surface area (Å²) in [7, 11) is 1.99. The first-order valence-corrected chi connectivity index (χ1v) is 8.16. The Labute approximate surface area is 120 Å². The minimum atomic E-state index is -0.526. The number of nitrogens with zero attached hydrogens (tertiary/aromatic N) is 2. The Morgan fingerprint density at radius 3 is 2.74 bits per heavy atom. The van der Waals surface area contributed by atoms with E-state index in [2.05, 4.69) is 31.2 Å². The van der Waals surface area contributed by atoms with E-state index in [4.69, 9.17) is 0 Å². The molecule has 0 bridgehead atoms. The number of nitrogens with one attached hydrogen (secondary N) is 1. The van der Waals surface area contributed by atoms with Gasteiger partial charge in [0.1, 0.15) is 0 Å². The molecule has 1 saturated heterocycles. The van der Waals surface area contributed by atoms with Gasteiger partial charge in [-0.25, -0.2) is 0 Å². The fraction of sp³-hybridized carbons (Fsp3) is 0.786. The zero-order valence-electron chi connectivity index (χ0n) is 12.4. The Hall–Kier alpha value is -0.520. The lowest BCUT2D eigenvalue weighted by Gasteiger charge is -2.26. The zero-order valence-corrected chi connectivity index (χ0v) is 13.2. The molecule has 1 fully saturated rings. The van der Waals surface area contributed by atoms with E-state index < -0.39 is 5.60 Å². The molecule has 4 nitrogen and oxygen atoms in total. The number of hydrogen-bond donors (Lipinski definition) is 2. The summed E-state index contributed by atoms with van der Waals surface area (Å²) in [5.74, 6) is 1.92. The van der Waals surface area contributed by atoms with Crippen molar-refractivity contribution in [1.29, 1.82) is 0 Å². The molecule has 2 N–H and O–H groups in total. The average Bonchev–Trinajstić information content (AvgIpc) is 2.89. The highest BCUT2D eigenvalue weighted by Gasteiger charge is 2.32. The second-order valence-electron chi connectivity index (χ2n) is 5.58. The molecular formula is C14H25N3OS. The van der Waals surface area contributed by atoms with Crippen LogP contribution in [0.15, 0.2) is 0 Å². The van der Waals surface area contributed by atoms with Gasteiger partial charge in [0.2, 0.25) is 0 Å². The Bertz CT molecular complexity index is 438. The molecule has 2 atom stereocenters. The van der Waals surface area contributed by atoms with Crippen LogP contribution in [0.5, 0.6) is 0 Å². The molecule has 1 aliphatic rings. The van der Waals surface area contributed by atoms with E-state index in [0.29, 0.717) is 6.54 Å². The van der Waals surface area contributed by atoms with Crippen LogP contribution in [0.3, 0.4) is 0 Å². The van der Waals surface area contributed by atoms with Gasteiger partial charge in [0.05, 0.1) is 11.3 Å². The number of rotatable bonds is 5. The molecule has 1 aromatic heterocycles. The van der Waals surface area contributed by atoms with E-state index in [0.717, 1.165) is 30.0 Å². The van der Waals surface area contributed by atoms with Gasteiger partial charge < -0.3 is 10.4 Å². The molecule has 0 spiro atoms. The quantitative estimate of drug-likeness (QED) is 0.867. The van der Waals surface area contributed by atoms with Gasteiger partial charge in [-0.2, -0.15) is 16.9 Å². The predicted molar refractivity (Wildman–Crippen MR) is 80.6 cm³/mol. The molecule has 2 rings (SSSR count). The Morgan fingerprint density at radius 2 is 2.26 bits per heavy atom. The van der Waals surface area contributed by atoms with Crippen LogP contribution >= 0.6 is 11.8 Å². The number of thioether (sulfide) groups is 1. The molecule has 19 heavy (non-hydrogen) atoms. The third-order valence-corrected chi connectivity index (χ3v) is 5.32. The lowest BCUT2D eigenvalue weighted by molar-refractivity contribution is 0.0643. The number of hydrogen-bond acceptors (Lipinski definition) is 4. The summed E-state index contributed by atoms with van der Waals surface area (Å²) in [4.78, 5) is 0. The Balaban J connectivity index is 2.07. The van der Waals surface area contributed by atoms with Gasteiger partial charge >= 0.3 is 0 Å². The molecular weight excluding hydrogens is 258 g/mol. The maximum Gasteiger partial charge on any atom is 0.0869 e. The maximum atomic E-state index is 10.4. The Kier molecular flexibility index (Phi) is 4.58. The van der Waals surface area contributed by atoms with Crippen molar-refractivity contribution < 1.29 is 5.11 Å². The minimum absolute atomic E-state index is 0.281. The van der Waals surface area contributed by atoms with Crippen LogP contribution in [0.4, 0.5) is 0 Å².